The average molecular weight is 407 g/mol. The molecule has 2 aliphatic rings. The molecule has 2 aliphatic heterocycles. The quantitative estimate of drug-likeness (QED) is 0.643. The molecule has 0 bridgehead atoms. The van der Waals surface area contributed by atoms with Gasteiger partial charge >= 0.3 is 0 Å². The Hall–Kier alpha value is -2.99. The molecule has 6 heteroatoms. The molecule has 0 saturated heterocycles. The van der Waals surface area contributed by atoms with Crippen LogP contribution in [0, 0.1) is 0 Å². The van der Waals surface area contributed by atoms with Crippen LogP contribution in [0.5, 0.6) is 0 Å². The minimum Gasteiger partial charge on any atom is -0.509 e. The minimum absolute atomic E-state index is 0.197. The molecular formula is C23H22N2O3S. The summed E-state index contributed by atoms with van der Waals surface area (Å²) in [6.45, 7) is 0.290. The topological polar surface area (TPSA) is 78.4 Å². The lowest BCUT2D eigenvalue weighted by Gasteiger charge is -2.10. The highest BCUT2D eigenvalue weighted by Crippen LogP contribution is 2.33. The van der Waals surface area contributed by atoms with Crippen LogP contribution in [0.2, 0.25) is 0 Å². The van der Waals surface area contributed by atoms with Crippen molar-refractivity contribution in [2.75, 3.05) is 5.75 Å². The van der Waals surface area contributed by atoms with E-state index in [-0.39, 0.29) is 11.3 Å². The van der Waals surface area contributed by atoms with Crippen LogP contribution in [0.4, 0.5) is 0 Å². The highest BCUT2D eigenvalue weighted by molar-refractivity contribution is 8.08. The number of thioether (sulfide) groups is 1. The second kappa shape index (κ2) is 8.57. The number of nitrogens with one attached hydrogen (secondary N) is 2. The van der Waals surface area contributed by atoms with Gasteiger partial charge in [-0.1, -0.05) is 60.7 Å². The standard InChI is InChI=1S/C23H22N2O3S/c26-21-18(13-15-5-2-1-3-6-15)25-23(28)20(21)22(27)24-14-16-8-10-17(11-9-16)19-7-4-12-29-19/h1-3,5-11,18,26H,4,12-14H2,(H,24,27)(H,25,28). The van der Waals surface area contributed by atoms with E-state index in [0.717, 1.165) is 23.3 Å². The van der Waals surface area contributed by atoms with Crippen LogP contribution in [-0.2, 0) is 22.6 Å². The summed E-state index contributed by atoms with van der Waals surface area (Å²) in [6, 6.07) is 17.0. The van der Waals surface area contributed by atoms with Gasteiger partial charge in [-0.15, -0.1) is 11.8 Å². The van der Waals surface area contributed by atoms with Gasteiger partial charge in [0.05, 0.1) is 6.04 Å². The lowest BCUT2D eigenvalue weighted by atomic mass is 10.0. The molecule has 4 rings (SSSR count). The van der Waals surface area contributed by atoms with Crippen molar-refractivity contribution < 1.29 is 14.7 Å². The molecule has 0 fully saturated rings. The summed E-state index contributed by atoms with van der Waals surface area (Å²) in [5.74, 6) is -0.175. The predicted octanol–water partition coefficient (Wildman–Crippen LogP) is 3.33. The minimum atomic E-state index is -0.581. The molecule has 2 heterocycles. The molecule has 1 unspecified atom stereocenters. The van der Waals surface area contributed by atoms with Crippen molar-refractivity contribution in [2.24, 2.45) is 0 Å². The van der Waals surface area contributed by atoms with E-state index in [1.807, 2.05) is 66.4 Å². The van der Waals surface area contributed by atoms with E-state index in [1.165, 1.54) is 10.5 Å². The Kier molecular flexibility index (Phi) is 5.71. The van der Waals surface area contributed by atoms with Crippen LogP contribution < -0.4 is 10.6 Å². The number of carbonyl (C=O) groups is 2. The first-order valence-electron chi connectivity index (χ1n) is 9.60. The Morgan fingerprint density at radius 3 is 2.55 bits per heavy atom. The molecule has 0 radical (unpaired) electrons. The summed E-state index contributed by atoms with van der Waals surface area (Å²) in [5.41, 5.74) is 2.89. The van der Waals surface area contributed by atoms with Crippen molar-refractivity contribution in [3.8, 4) is 0 Å². The molecule has 148 valence electrons. The molecule has 29 heavy (non-hydrogen) atoms. The second-order valence-corrected chi connectivity index (χ2v) is 8.20. The molecule has 2 amide bonds. The first-order chi connectivity index (χ1) is 14.1. The zero-order chi connectivity index (χ0) is 20.2. The first kappa shape index (κ1) is 19.3. The average Bonchev–Trinajstić information content (AvgIpc) is 3.36. The van der Waals surface area contributed by atoms with Gasteiger partial charge in [-0.25, -0.2) is 0 Å². The predicted molar refractivity (Wildman–Crippen MR) is 115 cm³/mol. The monoisotopic (exact) mass is 406 g/mol. The van der Waals surface area contributed by atoms with Gasteiger partial charge in [-0.05, 0) is 29.5 Å². The molecule has 1 atom stereocenters. The van der Waals surface area contributed by atoms with Crippen molar-refractivity contribution in [1.82, 2.24) is 10.6 Å². The molecule has 3 N–H and O–H groups in total. The zero-order valence-electron chi connectivity index (χ0n) is 15.9. The smallest absolute Gasteiger partial charge is 0.261 e. The Bertz CT molecular complexity index is 981. The Balaban J connectivity index is 1.39. The van der Waals surface area contributed by atoms with E-state index < -0.39 is 17.9 Å². The summed E-state index contributed by atoms with van der Waals surface area (Å²) in [6.07, 6.45) is 3.77. The number of allylic oxidation sites excluding steroid dienone is 1. The van der Waals surface area contributed by atoms with Crippen LogP contribution in [0.1, 0.15) is 23.1 Å². The summed E-state index contributed by atoms with van der Waals surface area (Å²) in [7, 11) is 0. The summed E-state index contributed by atoms with van der Waals surface area (Å²) in [5, 5.41) is 15.9. The highest BCUT2D eigenvalue weighted by atomic mass is 32.2. The SMILES string of the molecule is O=C(NCc1ccc(C2=CCCS2)cc1)C1=C(O)C(Cc2ccccc2)NC1=O. The Labute approximate surface area is 173 Å². The van der Waals surface area contributed by atoms with Crippen molar-refractivity contribution >= 4 is 28.5 Å². The number of hydrogen-bond acceptors (Lipinski definition) is 4. The second-order valence-electron chi connectivity index (χ2n) is 7.06. The third-order valence-electron chi connectivity index (χ3n) is 5.02. The van der Waals surface area contributed by atoms with Gasteiger partial charge in [0.2, 0.25) is 0 Å². The fourth-order valence-corrected chi connectivity index (χ4v) is 4.48. The van der Waals surface area contributed by atoms with Crippen molar-refractivity contribution in [3.05, 3.63) is 88.7 Å². The Morgan fingerprint density at radius 2 is 1.86 bits per heavy atom. The molecule has 0 aliphatic carbocycles. The van der Waals surface area contributed by atoms with Gasteiger partial charge in [0, 0.05) is 17.2 Å². The fourth-order valence-electron chi connectivity index (χ4n) is 3.48. The van der Waals surface area contributed by atoms with E-state index >= 15 is 0 Å². The van der Waals surface area contributed by atoms with Crippen molar-refractivity contribution in [2.45, 2.75) is 25.4 Å². The molecule has 0 aromatic heterocycles. The normalized spacial score (nSPS) is 18.6. The van der Waals surface area contributed by atoms with Crippen LogP contribution in [0.25, 0.3) is 4.91 Å². The van der Waals surface area contributed by atoms with E-state index in [0.29, 0.717) is 13.0 Å². The van der Waals surface area contributed by atoms with Crippen LogP contribution >= 0.6 is 11.8 Å². The third-order valence-corrected chi connectivity index (χ3v) is 6.18. The van der Waals surface area contributed by atoms with Crippen LogP contribution in [0.15, 0.2) is 72.0 Å². The van der Waals surface area contributed by atoms with E-state index in [2.05, 4.69) is 16.7 Å². The lowest BCUT2D eigenvalue weighted by Crippen LogP contribution is -2.33. The van der Waals surface area contributed by atoms with E-state index in [4.69, 9.17) is 0 Å². The molecule has 2 aromatic carbocycles. The third kappa shape index (κ3) is 4.38. The number of carbonyl (C=O) groups excluding carboxylic acids is 2. The van der Waals surface area contributed by atoms with Gasteiger partial charge in [0.15, 0.2) is 0 Å². The van der Waals surface area contributed by atoms with Gasteiger partial charge in [-0.2, -0.15) is 0 Å². The number of aliphatic hydroxyl groups is 1. The van der Waals surface area contributed by atoms with Gasteiger partial charge in [-0.3, -0.25) is 9.59 Å². The Morgan fingerprint density at radius 1 is 1.10 bits per heavy atom. The molecular weight excluding hydrogens is 384 g/mol. The summed E-state index contributed by atoms with van der Waals surface area (Å²) >= 11 is 1.85. The summed E-state index contributed by atoms with van der Waals surface area (Å²) in [4.78, 5) is 26.0. The zero-order valence-corrected chi connectivity index (χ0v) is 16.7. The van der Waals surface area contributed by atoms with Gasteiger partial charge in [0.25, 0.3) is 11.8 Å². The number of amides is 2. The van der Waals surface area contributed by atoms with Crippen molar-refractivity contribution in [3.63, 3.8) is 0 Å². The highest BCUT2D eigenvalue weighted by Gasteiger charge is 2.35. The maximum absolute atomic E-state index is 12.5. The molecule has 0 saturated carbocycles. The van der Waals surface area contributed by atoms with Gasteiger partial charge < -0.3 is 15.7 Å². The number of benzene rings is 2. The lowest BCUT2D eigenvalue weighted by molar-refractivity contribution is -0.123. The first-order valence-corrected chi connectivity index (χ1v) is 10.6. The number of hydrogen-bond donors (Lipinski definition) is 3. The van der Waals surface area contributed by atoms with E-state index in [9.17, 15) is 14.7 Å². The van der Waals surface area contributed by atoms with Crippen LogP contribution in [-0.4, -0.2) is 28.7 Å². The largest absolute Gasteiger partial charge is 0.509 e. The summed E-state index contributed by atoms with van der Waals surface area (Å²) < 4.78 is 0. The molecule has 2 aromatic rings. The maximum atomic E-state index is 12.5. The van der Waals surface area contributed by atoms with E-state index in [1.54, 1.807) is 0 Å². The number of rotatable bonds is 6. The molecule has 5 nitrogen and oxygen atoms in total. The number of aliphatic hydroxyl groups excluding tert-OH is 1. The fraction of sp³-hybridized carbons (Fsp3) is 0.217. The maximum Gasteiger partial charge on any atom is 0.261 e. The molecule has 0 spiro atoms. The van der Waals surface area contributed by atoms with Crippen molar-refractivity contribution in [1.29, 1.82) is 0 Å². The van der Waals surface area contributed by atoms with Crippen LogP contribution in [0.3, 0.4) is 0 Å². The van der Waals surface area contributed by atoms with Gasteiger partial charge in [0.1, 0.15) is 11.3 Å².